The van der Waals surface area contributed by atoms with Gasteiger partial charge in [-0.15, -0.1) is 0 Å². The van der Waals surface area contributed by atoms with Crippen molar-refractivity contribution in [3.05, 3.63) is 35.6 Å². The summed E-state index contributed by atoms with van der Waals surface area (Å²) in [6.07, 6.45) is 1.09. The Morgan fingerprint density at radius 2 is 2.29 bits per heavy atom. The van der Waals surface area contributed by atoms with Gasteiger partial charge in [0, 0.05) is 18.7 Å². The lowest BCUT2D eigenvalue weighted by Gasteiger charge is -2.39. The number of halogens is 1. The van der Waals surface area contributed by atoms with Crippen LogP contribution in [0.3, 0.4) is 0 Å². The highest BCUT2D eigenvalue weighted by Gasteiger charge is 2.30. The van der Waals surface area contributed by atoms with Crippen LogP contribution >= 0.6 is 0 Å². The zero-order valence-electron chi connectivity index (χ0n) is 9.95. The molecule has 17 heavy (non-hydrogen) atoms. The van der Waals surface area contributed by atoms with Gasteiger partial charge in [0.25, 0.3) is 5.91 Å². The second-order valence-electron chi connectivity index (χ2n) is 4.48. The van der Waals surface area contributed by atoms with E-state index in [0.29, 0.717) is 11.5 Å². The fourth-order valence-corrected chi connectivity index (χ4v) is 2.07. The summed E-state index contributed by atoms with van der Waals surface area (Å²) < 4.78 is 13.0. The number of nitrogens with zero attached hydrogens (tertiary/aromatic N) is 1. The topological polar surface area (TPSA) is 32.3 Å². The van der Waals surface area contributed by atoms with Crippen molar-refractivity contribution >= 4 is 5.91 Å². The van der Waals surface area contributed by atoms with Gasteiger partial charge in [-0.05, 0) is 44.1 Å². The number of carbonyl (C=O) groups is 1. The van der Waals surface area contributed by atoms with Crippen molar-refractivity contribution in [3.8, 4) is 0 Å². The van der Waals surface area contributed by atoms with Gasteiger partial charge < -0.3 is 10.2 Å². The molecule has 1 aromatic rings. The smallest absolute Gasteiger partial charge is 0.253 e. The number of benzene rings is 1. The van der Waals surface area contributed by atoms with E-state index in [2.05, 4.69) is 5.32 Å². The lowest BCUT2D eigenvalue weighted by molar-refractivity contribution is 0.0486. The molecule has 0 radical (unpaired) electrons. The van der Waals surface area contributed by atoms with E-state index in [9.17, 15) is 9.18 Å². The summed E-state index contributed by atoms with van der Waals surface area (Å²) in [6, 6.07) is 5.87. The van der Waals surface area contributed by atoms with Gasteiger partial charge in [0.15, 0.2) is 0 Å². The van der Waals surface area contributed by atoms with Crippen molar-refractivity contribution in [2.24, 2.45) is 5.92 Å². The second kappa shape index (κ2) is 5.27. The molecular formula is C13H17FN2O. The van der Waals surface area contributed by atoms with Crippen molar-refractivity contribution in [1.82, 2.24) is 10.2 Å². The first-order valence-corrected chi connectivity index (χ1v) is 5.90. The summed E-state index contributed by atoms with van der Waals surface area (Å²) in [4.78, 5) is 13.7. The van der Waals surface area contributed by atoms with Crippen molar-refractivity contribution in [2.75, 3.05) is 26.7 Å². The number of rotatable bonds is 4. The van der Waals surface area contributed by atoms with Crippen LogP contribution in [0.15, 0.2) is 24.3 Å². The van der Waals surface area contributed by atoms with Crippen LogP contribution in [0.1, 0.15) is 16.8 Å². The van der Waals surface area contributed by atoms with Crippen LogP contribution in [0.25, 0.3) is 0 Å². The number of hydrogen-bond acceptors (Lipinski definition) is 2. The van der Waals surface area contributed by atoms with E-state index in [4.69, 9.17) is 0 Å². The fourth-order valence-electron chi connectivity index (χ4n) is 2.07. The van der Waals surface area contributed by atoms with Gasteiger partial charge in [-0.25, -0.2) is 4.39 Å². The van der Waals surface area contributed by atoms with Crippen molar-refractivity contribution < 1.29 is 9.18 Å². The molecule has 0 aromatic heterocycles. The van der Waals surface area contributed by atoms with E-state index in [1.807, 2.05) is 7.05 Å². The molecule has 0 bridgehead atoms. The summed E-state index contributed by atoms with van der Waals surface area (Å²) in [7, 11) is 1.92. The monoisotopic (exact) mass is 236 g/mol. The normalized spacial score (nSPS) is 15.8. The summed E-state index contributed by atoms with van der Waals surface area (Å²) in [5.41, 5.74) is 0.442. The molecule has 2 rings (SSSR count). The lowest BCUT2D eigenvalue weighted by Crippen LogP contribution is -2.50. The number of amides is 1. The minimum atomic E-state index is -0.358. The van der Waals surface area contributed by atoms with Gasteiger partial charge in [-0.2, -0.15) is 0 Å². The molecule has 92 valence electrons. The Morgan fingerprint density at radius 3 is 2.94 bits per heavy atom. The maximum Gasteiger partial charge on any atom is 0.253 e. The number of nitrogens with one attached hydrogen (secondary N) is 1. The van der Waals surface area contributed by atoms with E-state index in [1.165, 1.54) is 12.1 Å². The maximum absolute atomic E-state index is 13.0. The second-order valence-corrected chi connectivity index (χ2v) is 4.48. The molecule has 1 fully saturated rings. The third kappa shape index (κ3) is 2.82. The van der Waals surface area contributed by atoms with Gasteiger partial charge in [-0.1, -0.05) is 6.07 Å². The number of carbonyl (C=O) groups excluding carboxylic acids is 1. The standard InChI is InChI=1S/C13H17FN2O/c1-15-6-5-10-8-16(9-10)13(17)11-3-2-4-12(14)7-11/h2-4,7,10,15H,5-6,8-9H2,1H3. The van der Waals surface area contributed by atoms with Crippen LogP contribution in [0.4, 0.5) is 4.39 Å². The van der Waals surface area contributed by atoms with Crippen LogP contribution in [0.5, 0.6) is 0 Å². The summed E-state index contributed by atoms with van der Waals surface area (Å²) in [5.74, 6) is 0.160. The molecule has 1 amide bonds. The van der Waals surface area contributed by atoms with E-state index in [0.717, 1.165) is 26.1 Å². The highest BCUT2D eigenvalue weighted by Crippen LogP contribution is 2.21. The molecule has 3 nitrogen and oxygen atoms in total. The van der Waals surface area contributed by atoms with Crippen LogP contribution in [-0.4, -0.2) is 37.5 Å². The van der Waals surface area contributed by atoms with E-state index < -0.39 is 0 Å². The Labute approximate surface area is 101 Å². The zero-order valence-corrected chi connectivity index (χ0v) is 9.95. The molecule has 0 aliphatic carbocycles. The first kappa shape index (κ1) is 12.0. The minimum absolute atomic E-state index is 0.0646. The van der Waals surface area contributed by atoms with Crippen molar-refractivity contribution in [1.29, 1.82) is 0 Å². The molecule has 0 spiro atoms. The SMILES string of the molecule is CNCCC1CN(C(=O)c2cccc(F)c2)C1. The molecule has 1 aromatic carbocycles. The Hall–Kier alpha value is -1.42. The van der Waals surface area contributed by atoms with Gasteiger partial charge in [0.1, 0.15) is 5.82 Å². The molecule has 1 aliphatic heterocycles. The average Bonchev–Trinajstić information content (AvgIpc) is 2.27. The highest BCUT2D eigenvalue weighted by molar-refractivity contribution is 5.94. The summed E-state index contributed by atoms with van der Waals surface area (Å²) in [5, 5.41) is 3.10. The average molecular weight is 236 g/mol. The first-order valence-electron chi connectivity index (χ1n) is 5.90. The quantitative estimate of drug-likeness (QED) is 0.859. The van der Waals surface area contributed by atoms with Gasteiger partial charge in [-0.3, -0.25) is 4.79 Å². The maximum atomic E-state index is 13.0. The van der Waals surface area contributed by atoms with Gasteiger partial charge in [0.05, 0.1) is 0 Å². The molecule has 1 N–H and O–H groups in total. The first-order chi connectivity index (χ1) is 8.20. The number of hydrogen-bond donors (Lipinski definition) is 1. The predicted molar refractivity (Wildman–Crippen MR) is 64.3 cm³/mol. The third-order valence-electron chi connectivity index (χ3n) is 3.12. The van der Waals surface area contributed by atoms with E-state index in [-0.39, 0.29) is 11.7 Å². The van der Waals surface area contributed by atoms with Crippen molar-refractivity contribution in [2.45, 2.75) is 6.42 Å². The number of likely N-dealkylation sites (tertiary alicyclic amines) is 1. The summed E-state index contributed by atoms with van der Waals surface area (Å²) >= 11 is 0. The molecule has 0 unspecified atom stereocenters. The molecule has 4 heteroatoms. The third-order valence-corrected chi connectivity index (χ3v) is 3.12. The summed E-state index contributed by atoms with van der Waals surface area (Å²) in [6.45, 7) is 2.56. The Morgan fingerprint density at radius 1 is 1.53 bits per heavy atom. The van der Waals surface area contributed by atoms with E-state index >= 15 is 0 Å². The zero-order chi connectivity index (χ0) is 12.3. The Kier molecular flexibility index (Phi) is 3.74. The lowest BCUT2D eigenvalue weighted by atomic mass is 9.95. The van der Waals surface area contributed by atoms with Gasteiger partial charge in [0.2, 0.25) is 0 Å². The largest absolute Gasteiger partial charge is 0.338 e. The molecular weight excluding hydrogens is 219 g/mol. The molecule has 1 saturated heterocycles. The fraction of sp³-hybridized carbons (Fsp3) is 0.462. The molecule has 0 saturated carbocycles. The van der Waals surface area contributed by atoms with Gasteiger partial charge >= 0.3 is 0 Å². The minimum Gasteiger partial charge on any atom is -0.338 e. The van der Waals surface area contributed by atoms with Crippen molar-refractivity contribution in [3.63, 3.8) is 0 Å². The Bertz CT molecular complexity index is 402. The van der Waals surface area contributed by atoms with Crippen LogP contribution in [0.2, 0.25) is 0 Å². The van der Waals surface area contributed by atoms with Crippen LogP contribution in [0, 0.1) is 11.7 Å². The highest BCUT2D eigenvalue weighted by atomic mass is 19.1. The Balaban J connectivity index is 1.87. The molecule has 0 atom stereocenters. The van der Waals surface area contributed by atoms with Crippen LogP contribution < -0.4 is 5.32 Å². The predicted octanol–water partition coefficient (Wildman–Crippen LogP) is 1.51. The van der Waals surface area contributed by atoms with E-state index in [1.54, 1.807) is 17.0 Å². The van der Waals surface area contributed by atoms with Crippen LogP contribution in [-0.2, 0) is 0 Å². The molecule has 1 aliphatic rings. The molecule has 1 heterocycles.